The first kappa shape index (κ1) is 14.8. The maximum atomic E-state index is 6.26. The van der Waals surface area contributed by atoms with E-state index in [-0.39, 0.29) is 0 Å². The summed E-state index contributed by atoms with van der Waals surface area (Å²) < 4.78 is 5.44. The number of hydrogen-bond acceptors (Lipinski definition) is 2. The van der Waals surface area contributed by atoms with Crippen molar-refractivity contribution in [2.75, 3.05) is 19.8 Å². The topological polar surface area (TPSA) is 21.3 Å². The van der Waals surface area contributed by atoms with Crippen LogP contribution in [-0.4, -0.2) is 25.8 Å². The van der Waals surface area contributed by atoms with Crippen molar-refractivity contribution in [1.29, 1.82) is 0 Å². The number of nitrogens with one attached hydrogen (secondary N) is 1. The molecule has 0 aromatic heterocycles. The van der Waals surface area contributed by atoms with Gasteiger partial charge in [0.15, 0.2) is 0 Å². The molecule has 1 aliphatic rings. The molecule has 0 spiro atoms. The minimum absolute atomic E-state index is 0.521. The Morgan fingerprint density at radius 1 is 1.32 bits per heavy atom. The smallest absolute Gasteiger partial charge is 0.0468 e. The number of hydrogen-bond donors (Lipinski definition) is 1. The average molecular weight is 282 g/mol. The highest BCUT2D eigenvalue weighted by Gasteiger charge is 2.19. The zero-order chi connectivity index (χ0) is 13.5. The number of ether oxygens (including phenoxy) is 1. The van der Waals surface area contributed by atoms with Crippen LogP contribution in [0.1, 0.15) is 31.7 Å². The Morgan fingerprint density at radius 2 is 2.05 bits per heavy atom. The molecule has 1 N–H and O–H groups in total. The number of halogens is 1. The molecule has 19 heavy (non-hydrogen) atoms. The van der Waals surface area contributed by atoms with Crippen molar-refractivity contribution >= 4 is 11.6 Å². The molecule has 0 aliphatic carbocycles. The van der Waals surface area contributed by atoms with E-state index < -0.39 is 0 Å². The first-order valence-electron chi connectivity index (χ1n) is 7.34. The molecule has 0 saturated carbocycles. The molecule has 106 valence electrons. The maximum Gasteiger partial charge on any atom is 0.0468 e. The van der Waals surface area contributed by atoms with Crippen LogP contribution in [0.3, 0.4) is 0 Å². The van der Waals surface area contributed by atoms with Gasteiger partial charge in [0.2, 0.25) is 0 Å². The monoisotopic (exact) mass is 281 g/mol. The Balaban J connectivity index is 1.93. The minimum atomic E-state index is 0.521. The van der Waals surface area contributed by atoms with E-state index >= 15 is 0 Å². The SMILES string of the molecule is CCNC(Cc1ccccc1Cl)CC1CCOCC1. The number of rotatable bonds is 6. The molecule has 3 heteroatoms. The van der Waals surface area contributed by atoms with Crippen molar-refractivity contribution in [3.05, 3.63) is 34.9 Å². The highest BCUT2D eigenvalue weighted by molar-refractivity contribution is 6.31. The normalized spacial score (nSPS) is 18.4. The molecule has 1 aromatic rings. The van der Waals surface area contributed by atoms with Gasteiger partial charge in [-0.15, -0.1) is 0 Å². The van der Waals surface area contributed by atoms with Crippen LogP contribution in [0.5, 0.6) is 0 Å². The predicted octanol–water partition coefficient (Wildman–Crippen LogP) is 3.68. The molecule has 1 aliphatic heterocycles. The first-order valence-corrected chi connectivity index (χ1v) is 7.72. The van der Waals surface area contributed by atoms with E-state index in [4.69, 9.17) is 16.3 Å². The minimum Gasteiger partial charge on any atom is -0.381 e. The fraction of sp³-hybridized carbons (Fsp3) is 0.625. The molecule has 1 heterocycles. The van der Waals surface area contributed by atoms with E-state index in [2.05, 4.69) is 24.4 Å². The Kier molecular flexibility index (Phi) is 6.15. The van der Waals surface area contributed by atoms with Gasteiger partial charge < -0.3 is 10.1 Å². The van der Waals surface area contributed by atoms with Gasteiger partial charge in [0, 0.05) is 24.3 Å². The van der Waals surface area contributed by atoms with Gasteiger partial charge in [0.05, 0.1) is 0 Å². The van der Waals surface area contributed by atoms with E-state index in [1.54, 1.807) is 0 Å². The molecule has 0 amide bonds. The number of likely N-dealkylation sites (N-methyl/N-ethyl adjacent to an activating group) is 1. The van der Waals surface area contributed by atoms with Crippen LogP contribution in [0.4, 0.5) is 0 Å². The van der Waals surface area contributed by atoms with E-state index in [1.807, 2.05) is 12.1 Å². The van der Waals surface area contributed by atoms with Crippen molar-refractivity contribution in [2.45, 2.75) is 38.6 Å². The lowest BCUT2D eigenvalue weighted by Crippen LogP contribution is -2.34. The number of benzene rings is 1. The molecule has 1 aromatic carbocycles. The summed E-state index contributed by atoms with van der Waals surface area (Å²) in [5.41, 5.74) is 1.25. The largest absolute Gasteiger partial charge is 0.381 e. The van der Waals surface area contributed by atoms with E-state index in [1.165, 1.54) is 24.8 Å². The van der Waals surface area contributed by atoms with E-state index in [0.717, 1.165) is 37.1 Å². The second kappa shape index (κ2) is 7.88. The van der Waals surface area contributed by atoms with Crippen LogP contribution in [0.25, 0.3) is 0 Å². The summed E-state index contributed by atoms with van der Waals surface area (Å²) in [5.74, 6) is 0.792. The van der Waals surface area contributed by atoms with Crippen molar-refractivity contribution in [1.82, 2.24) is 5.32 Å². The average Bonchev–Trinajstić information content (AvgIpc) is 2.43. The van der Waals surface area contributed by atoms with Crippen LogP contribution in [0, 0.1) is 5.92 Å². The molecular weight excluding hydrogens is 258 g/mol. The molecular formula is C16H24ClNO. The summed E-state index contributed by atoms with van der Waals surface area (Å²) in [5, 5.41) is 4.49. The van der Waals surface area contributed by atoms with Gasteiger partial charge >= 0.3 is 0 Å². The molecule has 1 atom stereocenters. The van der Waals surface area contributed by atoms with Gasteiger partial charge in [-0.1, -0.05) is 36.7 Å². The molecule has 1 unspecified atom stereocenters. The Hall–Kier alpha value is -0.570. The summed E-state index contributed by atoms with van der Waals surface area (Å²) in [4.78, 5) is 0. The Morgan fingerprint density at radius 3 is 2.74 bits per heavy atom. The van der Waals surface area contributed by atoms with Crippen molar-refractivity contribution < 1.29 is 4.74 Å². The summed E-state index contributed by atoms with van der Waals surface area (Å²) >= 11 is 6.26. The second-order valence-corrected chi connectivity index (χ2v) is 5.75. The standard InChI is InChI=1S/C16H24ClNO/c1-2-18-15(11-13-7-9-19-10-8-13)12-14-5-3-4-6-16(14)17/h3-6,13,15,18H,2,7-12H2,1H3. The van der Waals surface area contributed by atoms with Gasteiger partial charge in [-0.2, -0.15) is 0 Å². The van der Waals surface area contributed by atoms with Crippen LogP contribution in [-0.2, 0) is 11.2 Å². The van der Waals surface area contributed by atoms with Gasteiger partial charge in [0.1, 0.15) is 0 Å². The molecule has 0 radical (unpaired) electrons. The molecule has 2 rings (SSSR count). The fourth-order valence-electron chi connectivity index (χ4n) is 2.84. The van der Waals surface area contributed by atoms with E-state index in [9.17, 15) is 0 Å². The zero-order valence-corrected chi connectivity index (χ0v) is 12.5. The Bertz CT molecular complexity index is 377. The lowest BCUT2D eigenvalue weighted by Gasteiger charge is -2.27. The molecule has 1 saturated heterocycles. The van der Waals surface area contributed by atoms with E-state index in [0.29, 0.717) is 6.04 Å². The summed E-state index contributed by atoms with van der Waals surface area (Å²) in [6.07, 6.45) is 4.64. The third-order valence-electron chi connectivity index (χ3n) is 3.88. The molecule has 1 fully saturated rings. The van der Waals surface area contributed by atoms with Gasteiger partial charge in [-0.05, 0) is 49.8 Å². The van der Waals surface area contributed by atoms with Crippen LogP contribution in [0.15, 0.2) is 24.3 Å². The fourth-order valence-corrected chi connectivity index (χ4v) is 3.05. The van der Waals surface area contributed by atoms with Gasteiger partial charge in [-0.25, -0.2) is 0 Å². The summed E-state index contributed by atoms with van der Waals surface area (Å²) in [7, 11) is 0. The summed E-state index contributed by atoms with van der Waals surface area (Å²) in [6.45, 7) is 5.03. The third kappa shape index (κ3) is 4.79. The van der Waals surface area contributed by atoms with Gasteiger partial charge in [0.25, 0.3) is 0 Å². The lowest BCUT2D eigenvalue weighted by molar-refractivity contribution is 0.0606. The summed E-state index contributed by atoms with van der Waals surface area (Å²) in [6, 6.07) is 8.70. The quantitative estimate of drug-likeness (QED) is 0.859. The van der Waals surface area contributed by atoms with Gasteiger partial charge in [-0.3, -0.25) is 0 Å². The van der Waals surface area contributed by atoms with Crippen LogP contribution >= 0.6 is 11.6 Å². The third-order valence-corrected chi connectivity index (χ3v) is 4.24. The Labute approximate surface area is 121 Å². The zero-order valence-electron chi connectivity index (χ0n) is 11.7. The van der Waals surface area contributed by atoms with Crippen LogP contribution in [0.2, 0.25) is 5.02 Å². The molecule has 0 bridgehead atoms. The van der Waals surface area contributed by atoms with Crippen molar-refractivity contribution in [3.63, 3.8) is 0 Å². The highest BCUT2D eigenvalue weighted by atomic mass is 35.5. The lowest BCUT2D eigenvalue weighted by atomic mass is 9.90. The second-order valence-electron chi connectivity index (χ2n) is 5.34. The van der Waals surface area contributed by atoms with Crippen molar-refractivity contribution in [3.8, 4) is 0 Å². The van der Waals surface area contributed by atoms with Crippen LogP contribution < -0.4 is 5.32 Å². The maximum absolute atomic E-state index is 6.26. The first-order chi connectivity index (χ1) is 9.29. The highest BCUT2D eigenvalue weighted by Crippen LogP contribution is 2.23. The molecule has 2 nitrogen and oxygen atoms in total. The predicted molar refractivity (Wildman–Crippen MR) is 80.8 cm³/mol. The van der Waals surface area contributed by atoms with Crippen molar-refractivity contribution in [2.24, 2.45) is 5.92 Å².